The van der Waals surface area contributed by atoms with Crippen LogP contribution >= 0.6 is 0 Å². The van der Waals surface area contributed by atoms with Crippen molar-refractivity contribution < 1.29 is 22.7 Å². The number of carbonyl (C=O) groups excluding carboxylic acids is 1. The van der Waals surface area contributed by atoms with Crippen molar-refractivity contribution in [2.75, 3.05) is 44.7 Å². The Kier molecular flexibility index (Phi) is 6.69. The van der Waals surface area contributed by atoms with Crippen molar-refractivity contribution in [3.8, 4) is 5.75 Å². The summed E-state index contributed by atoms with van der Waals surface area (Å²) in [6, 6.07) is 4.55. The van der Waals surface area contributed by atoms with Crippen molar-refractivity contribution >= 4 is 21.6 Å². The number of amides is 1. The number of morpholine rings is 1. The molecule has 0 spiro atoms. The molecule has 1 unspecified atom stereocenters. The highest BCUT2D eigenvalue weighted by molar-refractivity contribution is 7.89. The predicted octanol–water partition coefficient (Wildman–Crippen LogP) is 1.19. The van der Waals surface area contributed by atoms with E-state index in [0.717, 1.165) is 25.9 Å². The largest absolute Gasteiger partial charge is 0.478 e. The molecule has 3 rings (SSSR count). The Labute approximate surface area is 160 Å². The Balaban J connectivity index is 1.61. The molecule has 150 valence electrons. The second kappa shape index (κ2) is 9.01. The number of rotatable bonds is 8. The van der Waals surface area contributed by atoms with Crippen molar-refractivity contribution in [1.29, 1.82) is 0 Å². The van der Waals surface area contributed by atoms with Gasteiger partial charge >= 0.3 is 0 Å². The molecular formula is C18H27N3O5S. The van der Waals surface area contributed by atoms with E-state index in [2.05, 4.69) is 21.9 Å². The van der Waals surface area contributed by atoms with E-state index >= 15 is 0 Å². The Bertz CT molecular complexity index is 762. The summed E-state index contributed by atoms with van der Waals surface area (Å²) in [5.74, 6) is 0.272. The lowest BCUT2D eigenvalue weighted by Gasteiger charge is -2.27. The molecule has 1 aromatic rings. The van der Waals surface area contributed by atoms with Gasteiger partial charge in [0.1, 0.15) is 5.75 Å². The summed E-state index contributed by atoms with van der Waals surface area (Å²) in [6.45, 7) is 5.98. The van der Waals surface area contributed by atoms with Crippen LogP contribution in [-0.2, 0) is 19.6 Å². The lowest BCUT2D eigenvalue weighted by Crippen LogP contribution is -2.41. The van der Waals surface area contributed by atoms with Crippen LogP contribution in [0.5, 0.6) is 5.75 Å². The molecule has 1 aromatic carbocycles. The summed E-state index contributed by atoms with van der Waals surface area (Å²) in [5, 5.41) is 2.76. The van der Waals surface area contributed by atoms with Crippen LogP contribution in [0.2, 0.25) is 0 Å². The minimum atomic E-state index is -3.65. The number of nitrogens with zero attached hydrogens (tertiary/aromatic N) is 1. The highest BCUT2D eigenvalue weighted by atomic mass is 32.2. The third-order valence-corrected chi connectivity index (χ3v) is 6.18. The van der Waals surface area contributed by atoms with Gasteiger partial charge in [-0.15, -0.1) is 0 Å². The minimum Gasteiger partial charge on any atom is -0.478 e. The van der Waals surface area contributed by atoms with E-state index in [-0.39, 0.29) is 10.8 Å². The summed E-state index contributed by atoms with van der Waals surface area (Å²) in [7, 11) is -3.65. The van der Waals surface area contributed by atoms with Crippen molar-refractivity contribution in [2.45, 2.75) is 37.2 Å². The average molecular weight is 397 g/mol. The van der Waals surface area contributed by atoms with Crippen LogP contribution in [0.4, 0.5) is 5.69 Å². The Morgan fingerprint density at radius 2 is 2.07 bits per heavy atom. The second-order valence-electron chi connectivity index (χ2n) is 6.75. The van der Waals surface area contributed by atoms with E-state index in [1.54, 1.807) is 6.07 Å². The lowest BCUT2D eigenvalue weighted by molar-refractivity contribution is -0.123. The summed E-state index contributed by atoms with van der Waals surface area (Å²) < 4.78 is 38.7. The lowest BCUT2D eigenvalue weighted by atomic mass is 10.1. The number of anilines is 1. The standard InChI is InChI=1S/C18H27N3O5S/c1-2-3-4-17-18(22)20-15-13-14(5-6-16(15)26-17)27(23,24)19-7-8-21-9-11-25-12-10-21/h5-6,13,17,19H,2-4,7-12H2,1H3,(H,20,22). The average Bonchev–Trinajstić information content (AvgIpc) is 2.66. The number of carbonyl (C=O) groups is 1. The Morgan fingerprint density at radius 3 is 2.81 bits per heavy atom. The molecule has 1 amide bonds. The van der Waals surface area contributed by atoms with E-state index in [0.29, 0.717) is 44.2 Å². The van der Waals surface area contributed by atoms with Crippen LogP contribution in [0.15, 0.2) is 23.1 Å². The summed E-state index contributed by atoms with van der Waals surface area (Å²) in [6.07, 6.45) is 2.00. The fourth-order valence-electron chi connectivity index (χ4n) is 3.12. The van der Waals surface area contributed by atoms with Crippen LogP contribution in [0.1, 0.15) is 26.2 Å². The summed E-state index contributed by atoms with van der Waals surface area (Å²) in [5.41, 5.74) is 0.392. The molecule has 2 aliphatic heterocycles. The summed E-state index contributed by atoms with van der Waals surface area (Å²) in [4.78, 5) is 14.4. The number of hydrogen-bond acceptors (Lipinski definition) is 6. The number of ether oxygens (including phenoxy) is 2. The first kappa shape index (κ1) is 20.1. The van der Waals surface area contributed by atoms with Crippen molar-refractivity contribution in [2.24, 2.45) is 0 Å². The molecule has 1 saturated heterocycles. The predicted molar refractivity (Wildman–Crippen MR) is 101 cm³/mol. The number of unbranched alkanes of at least 4 members (excludes halogenated alkanes) is 1. The molecule has 0 aromatic heterocycles. The van der Waals surface area contributed by atoms with Gasteiger partial charge in [0.25, 0.3) is 5.91 Å². The van der Waals surface area contributed by atoms with Gasteiger partial charge < -0.3 is 14.8 Å². The number of benzene rings is 1. The van der Waals surface area contributed by atoms with Crippen LogP contribution < -0.4 is 14.8 Å². The van der Waals surface area contributed by atoms with Gasteiger partial charge in [0.15, 0.2) is 6.10 Å². The maximum absolute atomic E-state index is 12.5. The molecule has 2 aliphatic rings. The van der Waals surface area contributed by atoms with Crippen molar-refractivity contribution in [3.05, 3.63) is 18.2 Å². The maximum Gasteiger partial charge on any atom is 0.265 e. The fraction of sp³-hybridized carbons (Fsp3) is 0.611. The van der Waals surface area contributed by atoms with Crippen LogP contribution in [0.3, 0.4) is 0 Å². The molecular weight excluding hydrogens is 370 g/mol. The summed E-state index contributed by atoms with van der Waals surface area (Å²) >= 11 is 0. The topological polar surface area (TPSA) is 97.0 Å². The molecule has 9 heteroatoms. The highest BCUT2D eigenvalue weighted by Crippen LogP contribution is 2.32. The zero-order valence-corrected chi connectivity index (χ0v) is 16.4. The second-order valence-corrected chi connectivity index (χ2v) is 8.51. The smallest absolute Gasteiger partial charge is 0.265 e. The third kappa shape index (κ3) is 5.19. The van der Waals surface area contributed by atoms with Gasteiger partial charge in [-0.05, 0) is 31.0 Å². The van der Waals surface area contributed by atoms with Gasteiger partial charge in [0, 0.05) is 26.2 Å². The van der Waals surface area contributed by atoms with Crippen LogP contribution in [0.25, 0.3) is 0 Å². The van der Waals surface area contributed by atoms with Crippen molar-refractivity contribution in [3.63, 3.8) is 0 Å². The molecule has 8 nitrogen and oxygen atoms in total. The first-order valence-corrected chi connectivity index (χ1v) is 10.9. The van der Waals surface area contributed by atoms with E-state index in [1.165, 1.54) is 12.1 Å². The number of nitrogens with one attached hydrogen (secondary N) is 2. The molecule has 27 heavy (non-hydrogen) atoms. The Morgan fingerprint density at radius 1 is 1.30 bits per heavy atom. The van der Waals surface area contributed by atoms with E-state index < -0.39 is 16.1 Å². The molecule has 2 N–H and O–H groups in total. The van der Waals surface area contributed by atoms with Gasteiger partial charge in [-0.2, -0.15) is 0 Å². The molecule has 1 fully saturated rings. The zero-order valence-electron chi connectivity index (χ0n) is 15.6. The Hall–Kier alpha value is -1.68. The molecule has 0 saturated carbocycles. The van der Waals surface area contributed by atoms with Gasteiger partial charge in [0.2, 0.25) is 10.0 Å². The molecule has 0 bridgehead atoms. The van der Waals surface area contributed by atoms with E-state index in [4.69, 9.17) is 9.47 Å². The zero-order chi connectivity index (χ0) is 19.3. The molecule has 0 radical (unpaired) electrons. The van der Waals surface area contributed by atoms with Gasteiger partial charge in [-0.3, -0.25) is 9.69 Å². The van der Waals surface area contributed by atoms with Crippen molar-refractivity contribution in [1.82, 2.24) is 9.62 Å². The third-order valence-electron chi connectivity index (χ3n) is 4.72. The van der Waals surface area contributed by atoms with Crippen LogP contribution in [-0.4, -0.2) is 64.7 Å². The first-order valence-electron chi connectivity index (χ1n) is 9.41. The molecule has 2 heterocycles. The van der Waals surface area contributed by atoms with Gasteiger partial charge in [-0.1, -0.05) is 13.3 Å². The fourth-order valence-corrected chi connectivity index (χ4v) is 4.17. The quantitative estimate of drug-likeness (QED) is 0.684. The van der Waals surface area contributed by atoms with E-state index in [9.17, 15) is 13.2 Å². The SMILES string of the molecule is CCCCC1Oc2ccc(S(=O)(=O)NCCN3CCOCC3)cc2NC1=O. The van der Waals surface area contributed by atoms with Crippen LogP contribution in [0, 0.1) is 0 Å². The monoisotopic (exact) mass is 397 g/mol. The van der Waals surface area contributed by atoms with Gasteiger partial charge in [-0.25, -0.2) is 13.1 Å². The maximum atomic E-state index is 12.5. The number of fused-ring (bicyclic) bond motifs is 1. The molecule has 0 aliphatic carbocycles. The minimum absolute atomic E-state index is 0.110. The molecule has 1 atom stereocenters. The van der Waals surface area contributed by atoms with E-state index in [1.807, 2.05) is 0 Å². The normalized spacial score (nSPS) is 20.6. The first-order chi connectivity index (χ1) is 13.0. The number of hydrogen-bond donors (Lipinski definition) is 2. The number of sulfonamides is 1. The van der Waals surface area contributed by atoms with Gasteiger partial charge in [0.05, 0.1) is 23.8 Å². The highest BCUT2D eigenvalue weighted by Gasteiger charge is 2.28.